The normalized spacial score (nSPS) is 20.7. The average Bonchev–Trinajstić information content (AvgIpc) is 2.19. The lowest BCUT2D eigenvalue weighted by Gasteiger charge is -2.36. The molecule has 1 aliphatic rings. The first-order valence-corrected chi connectivity index (χ1v) is 4.87. The molecule has 0 unspecified atom stereocenters. The standard InChI is InChI=1S/C10H18N2O/c1-2-9(13)12-10(8-11)6-4-3-5-7-10/h2H,1,3-8,11H2,(H,12,13). The summed E-state index contributed by atoms with van der Waals surface area (Å²) in [5.41, 5.74) is 5.54. The molecule has 13 heavy (non-hydrogen) atoms. The molecule has 0 aromatic rings. The molecule has 1 fully saturated rings. The van der Waals surface area contributed by atoms with Crippen LogP contribution in [0.2, 0.25) is 0 Å². The highest BCUT2D eigenvalue weighted by Crippen LogP contribution is 2.27. The summed E-state index contributed by atoms with van der Waals surface area (Å²) in [6, 6.07) is 0. The van der Waals surface area contributed by atoms with Crippen molar-refractivity contribution in [3.63, 3.8) is 0 Å². The van der Waals surface area contributed by atoms with Crippen LogP contribution in [0.5, 0.6) is 0 Å². The van der Waals surface area contributed by atoms with Crippen LogP contribution in [0.3, 0.4) is 0 Å². The van der Waals surface area contributed by atoms with Gasteiger partial charge in [-0.2, -0.15) is 0 Å². The van der Waals surface area contributed by atoms with Crippen molar-refractivity contribution in [2.24, 2.45) is 5.73 Å². The van der Waals surface area contributed by atoms with Gasteiger partial charge in [0.25, 0.3) is 0 Å². The molecule has 0 heterocycles. The molecule has 3 nitrogen and oxygen atoms in total. The minimum absolute atomic E-state index is 0.104. The first-order chi connectivity index (χ1) is 6.22. The highest BCUT2D eigenvalue weighted by atomic mass is 16.1. The number of hydrogen-bond acceptors (Lipinski definition) is 2. The van der Waals surface area contributed by atoms with Crippen LogP contribution < -0.4 is 11.1 Å². The Morgan fingerprint density at radius 2 is 2.08 bits per heavy atom. The Labute approximate surface area is 79.4 Å². The summed E-state index contributed by atoms with van der Waals surface area (Å²) in [7, 11) is 0. The molecule has 0 spiro atoms. The Morgan fingerprint density at radius 3 is 2.54 bits per heavy atom. The maximum absolute atomic E-state index is 11.2. The minimum atomic E-state index is -0.149. The molecular formula is C10H18N2O. The van der Waals surface area contributed by atoms with Crippen LogP contribution in [0.15, 0.2) is 12.7 Å². The molecule has 3 heteroatoms. The summed E-state index contributed by atoms with van der Waals surface area (Å²) in [6.45, 7) is 3.97. The van der Waals surface area contributed by atoms with Gasteiger partial charge in [-0.3, -0.25) is 4.79 Å². The maximum Gasteiger partial charge on any atom is 0.243 e. The van der Waals surface area contributed by atoms with Gasteiger partial charge in [0, 0.05) is 6.54 Å². The van der Waals surface area contributed by atoms with Crippen molar-refractivity contribution in [3.05, 3.63) is 12.7 Å². The number of carbonyl (C=O) groups excluding carboxylic acids is 1. The van der Waals surface area contributed by atoms with E-state index in [1.54, 1.807) is 0 Å². The van der Waals surface area contributed by atoms with Gasteiger partial charge in [0.05, 0.1) is 5.54 Å². The Kier molecular flexibility index (Phi) is 3.48. The molecule has 3 N–H and O–H groups in total. The summed E-state index contributed by atoms with van der Waals surface area (Å²) in [6.07, 6.45) is 6.90. The third kappa shape index (κ3) is 2.56. The predicted molar refractivity (Wildman–Crippen MR) is 53.2 cm³/mol. The largest absolute Gasteiger partial charge is 0.346 e. The summed E-state index contributed by atoms with van der Waals surface area (Å²) in [5.74, 6) is -0.104. The second-order valence-corrected chi connectivity index (χ2v) is 3.74. The lowest BCUT2D eigenvalue weighted by Crippen LogP contribution is -2.54. The van der Waals surface area contributed by atoms with Gasteiger partial charge in [0.15, 0.2) is 0 Å². The third-order valence-electron chi connectivity index (χ3n) is 2.78. The Morgan fingerprint density at radius 1 is 1.46 bits per heavy atom. The van der Waals surface area contributed by atoms with Crippen LogP contribution in [0, 0.1) is 0 Å². The van der Waals surface area contributed by atoms with Crippen molar-refractivity contribution in [1.29, 1.82) is 0 Å². The molecule has 1 rings (SSSR count). The summed E-state index contributed by atoms with van der Waals surface area (Å²) in [4.78, 5) is 11.2. The molecule has 0 atom stereocenters. The van der Waals surface area contributed by atoms with Crippen LogP contribution >= 0.6 is 0 Å². The molecule has 0 aromatic carbocycles. The van der Waals surface area contributed by atoms with E-state index in [2.05, 4.69) is 11.9 Å². The number of nitrogens with one attached hydrogen (secondary N) is 1. The zero-order chi connectivity index (χ0) is 9.73. The molecule has 1 aliphatic carbocycles. The SMILES string of the molecule is C=CC(=O)NC1(CN)CCCCC1. The fraction of sp³-hybridized carbons (Fsp3) is 0.700. The lowest BCUT2D eigenvalue weighted by atomic mass is 9.81. The zero-order valence-corrected chi connectivity index (χ0v) is 8.01. The quantitative estimate of drug-likeness (QED) is 0.638. The Balaban J connectivity index is 2.56. The fourth-order valence-corrected chi connectivity index (χ4v) is 1.92. The molecule has 1 saturated carbocycles. The number of nitrogens with two attached hydrogens (primary N) is 1. The summed E-state index contributed by atoms with van der Waals surface area (Å²) >= 11 is 0. The fourth-order valence-electron chi connectivity index (χ4n) is 1.92. The van der Waals surface area contributed by atoms with Gasteiger partial charge in [-0.05, 0) is 18.9 Å². The van der Waals surface area contributed by atoms with E-state index < -0.39 is 0 Å². The molecule has 1 amide bonds. The molecule has 74 valence electrons. The molecule has 0 saturated heterocycles. The number of amides is 1. The van der Waals surface area contributed by atoms with Crippen LogP contribution in [0.25, 0.3) is 0 Å². The average molecular weight is 182 g/mol. The molecule has 0 aliphatic heterocycles. The van der Waals surface area contributed by atoms with E-state index in [9.17, 15) is 4.79 Å². The first-order valence-electron chi connectivity index (χ1n) is 4.87. The second-order valence-electron chi connectivity index (χ2n) is 3.74. The number of carbonyl (C=O) groups is 1. The number of rotatable bonds is 3. The lowest BCUT2D eigenvalue weighted by molar-refractivity contribution is -0.118. The number of hydrogen-bond donors (Lipinski definition) is 2. The van der Waals surface area contributed by atoms with E-state index in [1.165, 1.54) is 12.5 Å². The maximum atomic E-state index is 11.2. The van der Waals surface area contributed by atoms with Crippen molar-refractivity contribution < 1.29 is 4.79 Å². The minimum Gasteiger partial charge on any atom is -0.346 e. The molecule has 0 bridgehead atoms. The van der Waals surface area contributed by atoms with E-state index in [-0.39, 0.29) is 11.4 Å². The second kappa shape index (κ2) is 4.42. The van der Waals surface area contributed by atoms with E-state index in [0.717, 1.165) is 25.7 Å². The molecule has 0 radical (unpaired) electrons. The van der Waals surface area contributed by atoms with E-state index in [0.29, 0.717) is 6.54 Å². The molecule has 0 aromatic heterocycles. The van der Waals surface area contributed by atoms with Crippen LogP contribution in [0.4, 0.5) is 0 Å². The van der Waals surface area contributed by atoms with E-state index >= 15 is 0 Å². The van der Waals surface area contributed by atoms with Crippen molar-refractivity contribution in [2.75, 3.05) is 6.54 Å². The van der Waals surface area contributed by atoms with Crippen LogP contribution in [0.1, 0.15) is 32.1 Å². The van der Waals surface area contributed by atoms with Crippen molar-refractivity contribution in [1.82, 2.24) is 5.32 Å². The first kappa shape index (κ1) is 10.3. The smallest absolute Gasteiger partial charge is 0.243 e. The van der Waals surface area contributed by atoms with Gasteiger partial charge in [0.2, 0.25) is 5.91 Å². The van der Waals surface area contributed by atoms with Gasteiger partial charge in [-0.1, -0.05) is 25.8 Å². The Bertz CT molecular complexity index is 195. The highest BCUT2D eigenvalue weighted by molar-refractivity contribution is 5.87. The van der Waals surface area contributed by atoms with Crippen LogP contribution in [-0.2, 0) is 4.79 Å². The van der Waals surface area contributed by atoms with Crippen LogP contribution in [-0.4, -0.2) is 18.0 Å². The molecular weight excluding hydrogens is 164 g/mol. The topological polar surface area (TPSA) is 55.1 Å². The van der Waals surface area contributed by atoms with Gasteiger partial charge in [-0.15, -0.1) is 0 Å². The van der Waals surface area contributed by atoms with Gasteiger partial charge in [-0.25, -0.2) is 0 Å². The van der Waals surface area contributed by atoms with E-state index in [1.807, 2.05) is 0 Å². The summed E-state index contributed by atoms with van der Waals surface area (Å²) in [5, 5.41) is 2.95. The highest BCUT2D eigenvalue weighted by Gasteiger charge is 2.31. The predicted octanol–water partition coefficient (Wildman–Crippen LogP) is 0.950. The van der Waals surface area contributed by atoms with Gasteiger partial charge in [0.1, 0.15) is 0 Å². The third-order valence-corrected chi connectivity index (χ3v) is 2.78. The van der Waals surface area contributed by atoms with Crippen molar-refractivity contribution in [2.45, 2.75) is 37.6 Å². The Hall–Kier alpha value is -0.830. The van der Waals surface area contributed by atoms with Crippen molar-refractivity contribution in [3.8, 4) is 0 Å². The zero-order valence-electron chi connectivity index (χ0n) is 8.01. The van der Waals surface area contributed by atoms with Gasteiger partial charge >= 0.3 is 0 Å². The monoisotopic (exact) mass is 182 g/mol. The van der Waals surface area contributed by atoms with Gasteiger partial charge < -0.3 is 11.1 Å². The van der Waals surface area contributed by atoms with E-state index in [4.69, 9.17) is 5.73 Å². The summed E-state index contributed by atoms with van der Waals surface area (Å²) < 4.78 is 0. The van der Waals surface area contributed by atoms with Crippen molar-refractivity contribution >= 4 is 5.91 Å².